The van der Waals surface area contributed by atoms with Crippen LogP contribution < -0.4 is 10.6 Å². The van der Waals surface area contributed by atoms with Gasteiger partial charge in [-0.1, -0.05) is 85.6 Å². The highest BCUT2D eigenvalue weighted by atomic mass is 16.2. The van der Waals surface area contributed by atoms with E-state index in [0.29, 0.717) is 11.3 Å². The smallest absolute Gasteiger partial charge is 0.272 e. The van der Waals surface area contributed by atoms with Crippen LogP contribution in [0, 0.1) is 6.92 Å². The summed E-state index contributed by atoms with van der Waals surface area (Å²) in [4.78, 5) is 26.3. The van der Waals surface area contributed by atoms with Crippen molar-refractivity contribution in [2.24, 2.45) is 0 Å². The molecule has 176 valence electrons. The zero-order valence-electron chi connectivity index (χ0n) is 20.2. The molecule has 0 bridgehead atoms. The Morgan fingerprint density at radius 2 is 1.54 bits per heavy atom. The summed E-state index contributed by atoms with van der Waals surface area (Å²) in [5.41, 5.74) is 4.51. The molecule has 0 aliphatic heterocycles. The number of benzene rings is 4. The molecule has 0 atom stereocenters. The van der Waals surface area contributed by atoms with Gasteiger partial charge >= 0.3 is 0 Å². The topological polar surface area (TPSA) is 58.2 Å². The second-order valence-corrected chi connectivity index (χ2v) is 8.74. The van der Waals surface area contributed by atoms with Gasteiger partial charge in [0.1, 0.15) is 5.70 Å². The van der Waals surface area contributed by atoms with Crippen LogP contribution >= 0.6 is 0 Å². The molecule has 0 aromatic heterocycles. The minimum absolute atomic E-state index is 0.182. The maximum Gasteiger partial charge on any atom is 0.272 e. The van der Waals surface area contributed by atoms with E-state index in [4.69, 9.17) is 0 Å². The highest BCUT2D eigenvalue weighted by Crippen LogP contribution is 2.20. The molecule has 0 heterocycles. The minimum Gasteiger partial charge on any atom is -0.321 e. The zero-order chi connectivity index (χ0) is 24.6. The summed E-state index contributed by atoms with van der Waals surface area (Å²) in [6.07, 6.45) is 4.93. The normalized spacial score (nSPS) is 11.3. The van der Waals surface area contributed by atoms with Crippen molar-refractivity contribution in [3.05, 3.63) is 119 Å². The molecule has 0 saturated carbocycles. The van der Waals surface area contributed by atoms with Crippen LogP contribution in [0.15, 0.2) is 96.7 Å². The first kappa shape index (κ1) is 24.0. The lowest BCUT2D eigenvalue weighted by atomic mass is 10.1. The number of aryl methyl sites for hydroxylation is 2. The van der Waals surface area contributed by atoms with E-state index >= 15 is 0 Å². The van der Waals surface area contributed by atoms with Crippen LogP contribution in [0.25, 0.3) is 16.8 Å². The first-order chi connectivity index (χ1) is 17.0. The molecule has 0 saturated heterocycles. The first-order valence-electron chi connectivity index (χ1n) is 12.0. The third-order valence-electron chi connectivity index (χ3n) is 5.92. The zero-order valence-corrected chi connectivity index (χ0v) is 20.2. The molecule has 2 amide bonds. The summed E-state index contributed by atoms with van der Waals surface area (Å²) in [7, 11) is 0. The van der Waals surface area contributed by atoms with E-state index in [2.05, 4.69) is 17.6 Å². The molecule has 0 radical (unpaired) electrons. The van der Waals surface area contributed by atoms with Crippen molar-refractivity contribution in [1.82, 2.24) is 5.32 Å². The van der Waals surface area contributed by atoms with Gasteiger partial charge in [0.2, 0.25) is 0 Å². The monoisotopic (exact) mass is 462 g/mol. The fourth-order valence-corrected chi connectivity index (χ4v) is 3.85. The molecule has 4 aromatic carbocycles. The maximum atomic E-state index is 13.3. The van der Waals surface area contributed by atoms with E-state index in [9.17, 15) is 9.59 Å². The van der Waals surface area contributed by atoms with Crippen molar-refractivity contribution in [1.29, 1.82) is 0 Å². The number of hydrogen-bond acceptors (Lipinski definition) is 2. The van der Waals surface area contributed by atoms with Crippen molar-refractivity contribution in [3.63, 3.8) is 0 Å². The lowest BCUT2D eigenvalue weighted by Gasteiger charge is -2.12. The van der Waals surface area contributed by atoms with E-state index in [-0.39, 0.29) is 17.5 Å². The van der Waals surface area contributed by atoms with Crippen molar-refractivity contribution in [3.8, 4) is 0 Å². The van der Waals surface area contributed by atoms with Crippen molar-refractivity contribution in [2.75, 3.05) is 5.32 Å². The Morgan fingerprint density at radius 3 is 2.26 bits per heavy atom. The molecule has 4 nitrogen and oxygen atoms in total. The molecular formula is C31H30N2O2. The molecule has 0 fully saturated rings. The van der Waals surface area contributed by atoms with E-state index < -0.39 is 0 Å². The third-order valence-corrected chi connectivity index (χ3v) is 5.92. The van der Waals surface area contributed by atoms with Gasteiger partial charge in [0.15, 0.2) is 0 Å². The van der Waals surface area contributed by atoms with Gasteiger partial charge in [0.05, 0.1) is 0 Å². The van der Waals surface area contributed by atoms with Crippen molar-refractivity contribution in [2.45, 2.75) is 33.1 Å². The van der Waals surface area contributed by atoms with Crippen LogP contribution in [0.5, 0.6) is 0 Å². The summed E-state index contributed by atoms with van der Waals surface area (Å²) in [6.45, 7) is 4.17. The lowest BCUT2D eigenvalue weighted by Crippen LogP contribution is -2.30. The van der Waals surface area contributed by atoms with Gasteiger partial charge < -0.3 is 10.6 Å². The van der Waals surface area contributed by atoms with Crippen molar-refractivity contribution >= 4 is 34.4 Å². The van der Waals surface area contributed by atoms with E-state index in [1.54, 1.807) is 6.08 Å². The molecular weight excluding hydrogens is 432 g/mol. The average molecular weight is 463 g/mol. The average Bonchev–Trinajstić information content (AvgIpc) is 2.88. The van der Waals surface area contributed by atoms with Crippen LogP contribution in [0.4, 0.5) is 5.69 Å². The van der Waals surface area contributed by atoms with Crippen molar-refractivity contribution < 1.29 is 9.59 Å². The van der Waals surface area contributed by atoms with Crippen LogP contribution in [0.2, 0.25) is 0 Å². The van der Waals surface area contributed by atoms with Crippen LogP contribution in [-0.2, 0) is 11.2 Å². The quantitative estimate of drug-likeness (QED) is 0.280. The molecule has 0 aliphatic carbocycles. The number of hydrogen-bond donors (Lipinski definition) is 2. The Balaban J connectivity index is 1.57. The molecule has 4 rings (SSSR count). The molecule has 4 aromatic rings. The molecule has 0 aliphatic rings. The maximum absolute atomic E-state index is 13.3. The number of carbonyl (C=O) groups excluding carboxylic acids is 2. The summed E-state index contributed by atoms with van der Waals surface area (Å²) >= 11 is 0. The number of carbonyl (C=O) groups is 2. The Bertz CT molecular complexity index is 1350. The van der Waals surface area contributed by atoms with E-state index in [0.717, 1.165) is 41.2 Å². The number of nitrogens with one attached hydrogen (secondary N) is 2. The fourth-order valence-electron chi connectivity index (χ4n) is 3.85. The number of rotatable bonds is 8. The summed E-state index contributed by atoms with van der Waals surface area (Å²) in [5.74, 6) is -0.701. The largest absolute Gasteiger partial charge is 0.321 e. The predicted molar refractivity (Wildman–Crippen MR) is 144 cm³/mol. The third kappa shape index (κ3) is 6.45. The SMILES string of the molecule is CCCCc1ccc(C(=O)NC(=Cc2ccc(C)cc2)C(=O)Nc2ccc3ccccc3c2)cc1. The highest BCUT2D eigenvalue weighted by Gasteiger charge is 2.15. The van der Waals surface area contributed by atoms with Crippen LogP contribution in [0.3, 0.4) is 0 Å². The Labute approximate surface area is 206 Å². The second kappa shape index (κ2) is 11.3. The van der Waals surface area contributed by atoms with Gasteiger partial charge in [0, 0.05) is 11.3 Å². The van der Waals surface area contributed by atoms with Crippen LogP contribution in [-0.4, -0.2) is 11.8 Å². The molecule has 4 heteroatoms. The molecule has 0 spiro atoms. The van der Waals surface area contributed by atoms with Crippen LogP contribution in [0.1, 0.15) is 46.8 Å². The van der Waals surface area contributed by atoms with Gasteiger partial charge in [-0.3, -0.25) is 9.59 Å². The van der Waals surface area contributed by atoms with Gasteiger partial charge in [-0.25, -0.2) is 0 Å². The Kier molecular flexibility index (Phi) is 7.74. The minimum atomic E-state index is -0.381. The fraction of sp³-hybridized carbons (Fsp3) is 0.161. The standard InChI is InChI=1S/C31H30N2O2/c1-3-4-7-23-14-16-26(17-15-23)30(34)33-29(20-24-12-10-22(2)11-13-24)31(35)32-28-19-18-25-8-5-6-9-27(25)21-28/h5-6,8-21H,3-4,7H2,1-2H3,(H,32,35)(H,33,34). The predicted octanol–water partition coefficient (Wildman–Crippen LogP) is 6.90. The number of unbranched alkanes of at least 4 members (excludes halogenated alkanes) is 1. The van der Waals surface area contributed by atoms with E-state index in [1.165, 1.54) is 5.56 Å². The number of amides is 2. The second-order valence-electron chi connectivity index (χ2n) is 8.74. The number of fused-ring (bicyclic) bond motifs is 1. The molecule has 2 N–H and O–H groups in total. The summed E-state index contributed by atoms with van der Waals surface area (Å²) in [6, 6.07) is 29.1. The van der Waals surface area contributed by atoms with Gasteiger partial charge in [-0.2, -0.15) is 0 Å². The van der Waals surface area contributed by atoms with Gasteiger partial charge in [0.25, 0.3) is 11.8 Å². The first-order valence-corrected chi connectivity index (χ1v) is 12.0. The molecule has 0 unspecified atom stereocenters. The summed E-state index contributed by atoms with van der Waals surface area (Å²) < 4.78 is 0. The summed E-state index contributed by atoms with van der Waals surface area (Å²) in [5, 5.41) is 7.88. The molecule has 35 heavy (non-hydrogen) atoms. The number of anilines is 1. The highest BCUT2D eigenvalue weighted by molar-refractivity contribution is 6.11. The van der Waals surface area contributed by atoms with E-state index in [1.807, 2.05) is 97.9 Å². The Morgan fingerprint density at radius 1 is 0.829 bits per heavy atom. The van der Waals surface area contributed by atoms with Gasteiger partial charge in [-0.05, 0) is 72.0 Å². The lowest BCUT2D eigenvalue weighted by molar-refractivity contribution is -0.113. The van der Waals surface area contributed by atoms with Gasteiger partial charge in [-0.15, -0.1) is 0 Å². The Hall–Kier alpha value is -4.18.